The van der Waals surface area contributed by atoms with Gasteiger partial charge >= 0.3 is 5.69 Å². The van der Waals surface area contributed by atoms with Gasteiger partial charge in [0.25, 0.3) is 5.95 Å². The number of hydrogen-bond acceptors (Lipinski definition) is 6. The van der Waals surface area contributed by atoms with Gasteiger partial charge in [-0.25, -0.2) is 14.8 Å². The Kier molecular flexibility index (Phi) is 6.07. The first kappa shape index (κ1) is 21.0. The molecule has 0 saturated heterocycles. The third kappa shape index (κ3) is 4.56. The van der Waals surface area contributed by atoms with E-state index >= 15 is 0 Å². The lowest BCUT2D eigenvalue weighted by Crippen LogP contribution is -2.18. The maximum atomic E-state index is 12.6. The van der Waals surface area contributed by atoms with Crippen LogP contribution in [0.2, 0.25) is 0 Å². The molecule has 0 aliphatic carbocycles. The fourth-order valence-electron chi connectivity index (χ4n) is 3.45. The van der Waals surface area contributed by atoms with E-state index in [0.717, 1.165) is 21.6 Å². The molecule has 2 aromatic carbocycles. The average molecular weight is 429 g/mol. The van der Waals surface area contributed by atoms with Gasteiger partial charge in [-0.2, -0.15) is 0 Å². The lowest BCUT2D eigenvalue weighted by atomic mass is 9.91. The molecule has 0 amide bonds. The molecule has 0 bridgehead atoms. The van der Waals surface area contributed by atoms with Crippen molar-refractivity contribution in [3.8, 4) is 11.7 Å². The van der Waals surface area contributed by atoms with Crippen LogP contribution in [-0.2, 0) is 6.42 Å². The molecular formula is C23H23N7O2. The number of amidine groups is 1. The number of hydrogen-bond donors (Lipinski definition) is 3. The van der Waals surface area contributed by atoms with Crippen LogP contribution >= 0.6 is 0 Å². The van der Waals surface area contributed by atoms with Gasteiger partial charge in [0.05, 0.1) is 6.61 Å². The Morgan fingerprint density at radius 2 is 1.91 bits per heavy atom. The van der Waals surface area contributed by atoms with Crippen LogP contribution in [0.3, 0.4) is 0 Å². The summed E-state index contributed by atoms with van der Waals surface area (Å²) in [7, 11) is 0. The molecule has 4 rings (SSSR count). The highest BCUT2D eigenvalue weighted by molar-refractivity contribution is 5.94. The highest BCUT2D eigenvalue weighted by Crippen LogP contribution is 2.28. The van der Waals surface area contributed by atoms with Crippen molar-refractivity contribution in [3.05, 3.63) is 100.0 Å². The lowest BCUT2D eigenvalue weighted by molar-refractivity contribution is 0.339. The van der Waals surface area contributed by atoms with Crippen molar-refractivity contribution >= 4 is 5.84 Å². The van der Waals surface area contributed by atoms with E-state index in [9.17, 15) is 4.79 Å². The minimum absolute atomic E-state index is 0.0171. The summed E-state index contributed by atoms with van der Waals surface area (Å²) in [6.45, 7) is 2.48. The number of aromatic nitrogens is 5. The maximum absolute atomic E-state index is 12.6. The van der Waals surface area contributed by atoms with Gasteiger partial charge in [-0.3, -0.25) is 10.4 Å². The first-order chi connectivity index (χ1) is 15.5. The van der Waals surface area contributed by atoms with E-state index in [1.807, 2.05) is 55.5 Å². The minimum atomic E-state index is -0.413. The van der Waals surface area contributed by atoms with E-state index in [1.165, 1.54) is 0 Å². The number of nitrogens with zero attached hydrogens (tertiary/aromatic N) is 4. The fourth-order valence-corrected chi connectivity index (χ4v) is 3.45. The van der Waals surface area contributed by atoms with Gasteiger partial charge in [0, 0.05) is 23.9 Å². The zero-order valence-electron chi connectivity index (χ0n) is 17.5. The fraction of sp³-hybridized carbons (Fsp3) is 0.174. The number of nitrogens with one attached hydrogen (secondary N) is 2. The molecule has 2 aromatic heterocycles. The summed E-state index contributed by atoms with van der Waals surface area (Å²) < 4.78 is 6.83. The molecule has 1 unspecified atom stereocenters. The number of aromatic amines is 1. The van der Waals surface area contributed by atoms with Crippen molar-refractivity contribution in [2.24, 2.45) is 5.73 Å². The van der Waals surface area contributed by atoms with Gasteiger partial charge in [-0.15, -0.1) is 9.78 Å². The minimum Gasteiger partial charge on any atom is -0.494 e. The molecule has 162 valence electrons. The van der Waals surface area contributed by atoms with E-state index in [2.05, 4.69) is 20.1 Å². The highest BCUT2D eigenvalue weighted by Gasteiger charge is 2.22. The van der Waals surface area contributed by atoms with Gasteiger partial charge < -0.3 is 10.5 Å². The van der Waals surface area contributed by atoms with Crippen molar-refractivity contribution in [3.63, 3.8) is 0 Å². The molecule has 1 atom stereocenters. The van der Waals surface area contributed by atoms with Crippen molar-refractivity contribution < 1.29 is 4.74 Å². The van der Waals surface area contributed by atoms with Gasteiger partial charge in [-0.05, 0) is 42.7 Å². The van der Waals surface area contributed by atoms with Crippen molar-refractivity contribution in [2.45, 2.75) is 19.3 Å². The Morgan fingerprint density at radius 3 is 2.59 bits per heavy atom. The average Bonchev–Trinajstić information content (AvgIpc) is 3.20. The Bertz CT molecular complexity index is 1260. The quantitative estimate of drug-likeness (QED) is 0.291. The summed E-state index contributed by atoms with van der Waals surface area (Å²) in [4.78, 5) is 23.7. The summed E-state index contributed by atoms with van der Waals surface area (Å²) in [5.74, 6) is 1.20. The van der Waals surface area contributed by atoms with Crippen LogP contribution in [0.5, 0.6) is 5.75 Å². The standard InChI is InChI=1S/C23H23N7O2/c1-2-32-18-6-3-5-17(14-18)19(13-15-7-9-16(10-8-15)20(24)25)21-28-23(31)30(29-21)22-26-11-4-12-27-22/h3-12,14,19H,2,13H2,1H3,(H3,24,25)(H,28,29,31). The van der Waals surface area contributed by atoms with Crippen LogP contribution < -0.4 is 16.2 Å². The topological polar surface area (TPSA) is 136 Å². The smallest absolute Gasteiger partial charge is 0.350 e. The van der Waals surface area contributed by atoms with Crippen LogP contribution in [0.25, 0.3) is 5.95 Å². The number of ether oxygens (including phenoxy) is 1. The Hall–Kier alpha value is -4.27. The normalized spacial score (nSPS) is 11.8. The van der Waals surface area contributed by atoms with Gasteiger partial charge in [0.1, 0.15) is 17.4 Å². The first-order valence-corrected chi connectivity index (χ1v) is 10.2. The summed E-state index contributed by atoms with van der Waals surface area (Å²) in [6.07, 6.45) is 3.68. The Morgan fingerprint density at radius 1 is 1.16 bits per heavy atom. The molecule has 0 saturated carbocycles. The molecule has 0 fully saturated rings. The van der Waals surface area contributed by atoms with E-state index in [0.29, 0.717) is 24.4 Å². The summed E-state index contributed by atoms with van der Waals surface area (Å²) in [5, 5.41) is 12.1. The zero-order valence-corrected chi connectivity index (χ0v) is 17.5. The van der Waals surface area contributed by atoms with Crippen molar-refractivity contribution in [2.75, 3.05) is 6.61 Å². The zero-order chi connectivity index (χ0) is 22.5. The number of H-pyrrole nitrogens is 1. The molecule has 32 heavy (non-hydrogen) atoms. The van der Waals surface area contributed by atoms with E-state index in [1.54, 1.807) is 18.5 Å². The molecule has 2 heterocycles. The van der Waals surface area contributed by atoms with Crippen LogP contribution in [-0.4, -0.2) is 37.2 Å². The molecular weight excluding hydrogens is 406 g/mol. The van der Waals surface area contributed by atoms with Crippen LogP contribution in [0.4, 0.5) is 0 Å². The molecule has 4 aromatic rings. The predicted molar refractivity (Wildman–Crippen MR) is 120 cm³/mol. The predicted octanol–water partition coefficient (Wildman–Crippen LogP) is 2.41. The molecule has 0 radical (unpaired) electrons. The number of benzene rings is 2. The Balaban J connectivity index is 1.75. The number of rotatable bonds is 8. The second-order valence-corrected chi connectivity index (χ2v) is 7.15. The maximum Gasteiger partial charge on any atom is 0.350 e. The highest BCUT2D eigenvalue weighted by atomic mass is 16.5. The van der Waals surface area contributed by atoms with Gasteiger partial charge in [-0.1, -0.05) is 36.4 Å². The number of nitrogen functional groups attached to an aromatic ring is 1. The van der Waals surface area contributed by atoms with E-state index in [4.69, 9.17) is 15.9 Å². The van der Waals surface area contributed by atoms with Crippen molar-refractivity contribution in [1.82, 2.24) is 24.7 Å². The summed E-state index contributed by atoms with van der Waals surface area (Å²) in [6, 6.07) is 16.9. The van der Waals surface area contributed by atoms with Crippen LogP contribution in [0, 0.1) is 5.41 Å². The molecule has 0 aliphatic rings. The van der Waals surface area contributed by atoms with E-state index in [-0.39, 0.29) is 17.7 Å². The largest absolute Gasteiger partial charge is 0.494 e. The first-order valence-electron chi connectivity index (χ1n) is 10.2. The summed E-state index contributed by atoms with van der Waals surface area (Å²) in [5.41, 5.74) is 7.77. The molecule has 0 aliphatic heterocycles. The van der Waals surface area contributed by atoms with Gasteiger partial charge in [0.15, 0.2) is 0 Å². The molecule has 9 nitrogen and oxygen atoms in total. The molecule has 4 N–H and O–H groups in total. The Labute approximate surface area is 184 Å². The van der Waals surface area contributed by atoms with Gasteiger partial charge in [0.2, 0.25) is 0 Å². The summed E-state index contributed by atoms with van der Waals surface area (Å²) >= 11 is 0. The van der Waals surface area contributed by atoms with Crippen LogP contribution in [0.15, 0.2) is 71.8 Å². The molecule has 0 spiro atoms. The van der Waals surface area contributed by atoms with Crippen LogP contribution in [0.1, 0.15) is 35.4 Å². The second kappa shape index (κ2) is 9.25. The SMILES string of the molecule is CCOc1cccc(C(Cc2ccc(C(=N)N)cc2)c2nn(-c3ncccn3)c(=O)[nH]2)c1. The third-order valence-electron chi connectivity index (χ3n) is 4.98. The molecule has 9 heteroatoms. The second-order valence-electron chi connectivity index (χ2n) is 7.15. The third-order valence-corrected chi connectivity index (χ3v) is 4.98. The van der Waals surface area contributed by atoms with E-state index < -0.39 is 5.69 Å². The number of nitrogens with two attached hydrogens (primary N) is 1. The monoisotopic (exact) mass is 429 g/mol. The lowest BCUT2D eigenvalue weighted by Gasteiger charge is -2.16. The van der Waals surface area contributed by atoms with Crippen molar-refractivity contribution in [1.29, 1.82) is 5.41 Å².